The van der Waals surface area contributed by atoms with Gasteiger partial charge in [0.05, 0.1) is 11.1 Å². The average Bonchev–Trinajstić information content (AvgIpc) is 3.48. The predicted molar refractivity (Wildman–Crippen MR) is 89.5 cm³/mol. The molecule has 6 nitrogen and oxygen atoms in total. The summed E-state index contributed by atoms with van der Waals surface area (Å²) in [6.07, 6.45) is 5.96. The molecule has 1 aliphatic heterocycles. The van der Waals surface area contributed by atoms with Gasteiger partial charge in [-0.15, -0.1) is 0 Å². The Kier molecular flexibility index (Phi) is 3.53. The molecule has 6 heteroatoms. The number of Topliss-reactive ketones (excluding diaryl/α,β-unsaturated/α-hetero) is 1. The number of hydrogen-bond acceptors (Lipinski definition) is 5. The Bertz CT molecular complexity index is 930. The molecule has 0 atom stereocenters. The number of aromatic nitrogens is 2. The Morgan fingerprint density at radius 1 is 1.04 bits per heavy atom. The van der Waals surface area contributed by atoms with Crippen LogP contribution in [0.4, 0.5) is 0 Å². The number of benzene rings is 1. The Morgan fingerprint density at radius 3 is 2.32 bits per heavy atom. The Hall–Kier alpha value is -3.15. The fourth-order valence-electron chi connectivity index (χ4n) is 3.15. The van der Waals surface area contributed by atoms with Crippen molar-refractivity contribution in [3.05, 3.63) is 65.2 Å². The SMILES string of the molecule is CN1C(=O)/C(=C(/C(=O)c2cncnc2)C2CC2)c2ccccc2C1=O. The lowest BCUT2D eigenvalue weighted by atomic mass is 9.86. The Balaban J connectivity index is 1.97. The second-order valence-corrected chi connectivity index (χ2v) is 6.23. The van der Waals surface area contributed by atoms with E-state index in [1.165, 1.54) is 25.8 Å². The summed E-state index contributed by atoms with van der Waals surface area (Å²) in [4.78, 5) is 47.2. The van der Waals surface area contributed by atoms with Gasteiger partial charge in [-0.3, -0.25) is 19.3 Å². The molecule has 2 aromatic rings. The maximum Gasteiger partial charge on any atom is 0.261 e. The van der Waals surface area contributed by atoms with E-state index in [-0.39, 0.29) is 17.6 Å². The molecule has 1 aliphatic carbocycles. The van der Waals surface area contributed by atoms with E-state index in [9.17, 15) is 14.4 Å². The summed E-state index contributed by atoms with van der Waals surface area (Å²) >= 11 is 0. The lowest BCUT2D eigenvalue weighted by Crippen LogP contribution is -2.39. The van der Waals surface area contributed by atoms with Gasteiger partial charge in [-0.2, -0.15) is 0 Å². The normalized spacial score (nSPS) is 18.8. The van der Waals surface area contributed by atoms with Crippen molar-refractivity contribution >= 4 is 23.2 Å². The number of likely N-dealkylation sites (N-methyl/N-ethyl adjacent to an activating group) is 1. The molecular weight excluding hydrogens is 318 g/mol. The topological polar surface area (TPSA) is 80.2 Å². The third-order valence-electron chi connectivity index (χ3n) is 4.57. The Morgan fingerprint density at radius 2 is 1.68 bits per heavy atom. The van der Waals surface area contributed by atoms with Gasteiger partial charge in [-0.25, -0.2) is 9.97 Å². The van der Waals surface area contributed by atoms with Gasteiger partial charge in [0.15, 0.2) is 5.78 Å². The van der Waals surface area contributed by atoms with E-state index >= 15 is 0 Å². The summed E-state index contributed by atoms with van der Waals surface area (Å²) in [7, 11) is 1.45. The van der Waals surface area contributed by atoms with Gasteiger partial charge in [0.25, 0.3) is 11.8 Å². The van der Waals surface area contributed by atoms with Crippen LogP contribution in [0.25, 0.3) is 5.57 Å². The van der Waals surface area contributed by atoms with Crippen molar-refractivity contribution in [1.82, 2.24) is 14.9 Å². The number of carbonyl (C=O) groups excluding carboxylic acids is 3. The molecular formula is C19H15N3O3. The van der Waals surface area contributed by atoms with Crippen molar-refractivity contribution in [2.75, 3.05) is 7.05 Å². The molecule has 1 saturated carbocycles. The summed E-state index contributed by atoms with van der Waals surface area (Å²) < 4.78 is 0. The van der Waals surface area contributed by atoms with Gasteiger partial charge in [0.1, 0.15) is 6.33 Å². The molecule has 0 N–H and O–H groups in total. The van der Waals surface area contributed by atoms with Crippen molar-refractivity contribution in [3.8, 4) is 0 Å². The van der Waals surface area contributed by atoms with Gasteiger partial charge in [-0.05, 0) is 24.8 Å². The van der Waals surface area contributed by atoms with Crippen LogP contribution in [0.1, 0.15) is 39.1 Å². The first-order valence-electron chi connectivity index (χ1n) is 8.05. The molecule has 1 fully saturated rings. The lowest BCUT2D eigenvalue weighted by molar-refractivity contribution is -0.121. The molecule has 1 aromatic heterocycles. The second-order valence-electron chi connectivity index (χ2n) is 6.23. The van der Waals surface area contributed by atoms with Crippen molar-refractivity contribution in [1.29, 1.82) is 0 Å². The number of imide groups is 1. The van der Waals surface area contributed by atoms with Crippen LogP contribution in [0.15, 0.2) is 48.6 Å². The highest BCUT2D eigenvalue weighted by Crippen LogP contribution is 2.43. The number of ketones is 1. The largest absolute Gasteiger partial charge is 0.289 e. The van der Waals surface area contributed by atoms with E-state index in [1.54, 1.807) is 24.3 Å². The average molecular weight is 333 g/mol. The maximum absolute atomic E-state index is 13.1. The minimum Gasteiger partial charge on any atom is -0.289 e. The van der Waals surface area contributed by atoms with Crippen LogP contribution in [0.3, 0.4) is 0 Å². The van der Waals surface area contributed by atoms with E-state index in [2.05, 4.69) is 9.97 Å². The zero-order valence-electron chi connectivity index (χ0n) is 13.6. The van der Waals surface area contributed by atoms with Crippen molar-refractivity contribution in [3.63, 3.8) is 0 Å². The van der Waals surface area contributed by atoms with Crippen LogP contribution in [-0.2, 0) is 4.79 Å². The smallest absolute Gasteiger partial charge is 0.261 e. The minimum atomic E-state index is -0.434. The number of fused-ring (bicyclic) bond motifs is 1. The van der Waals surface area contributed by atoms with E-state index in [1.807, 2.05) is 0 Å². The summed E-state index contributed by atoms with van der Waals surface area (Å²) in [6.45, 7) is 0. The van der Waals surface area contributed by atoms with Gasteiger partial charge in [0.2, 0.25) is 0 Å². The molecule has 1 aromatic carbocycles. The molecule has 0 unspecified atom stereocenters. The quantitative estimate of drug-likeness (QED) is 0.488. The molecule has 0 radical (unpaired) electrons. The molecule has 2 amide bonds. The monoisotopic (exact) mass is 333 g/mol. The standard InChI is InChI=1S/C19H15N3O3/c1-22-18(24)14-5-3-2-4-13(14)16(19(22)25)15(11-6-7-11)17(23)12-8-20-10-21-9-12/h2-5,8-11H,6-7H2,1H3/b16-15+. The fourth-order valence-corrected chi connectivity index (χ4v) is 3.15. The van der Waals surface area contributed by atoms with Crippen LogP contribution in [0.2, 0.25) is 0 Å². The molecule has 2 aliphatic rings. The number of rotatable bonds is 3. The maximum atomic E-state index is 13.1. The summed E-state index contributed by atoms with van der Waals surface area (Å²) in [5.41, 5.74) is 2.11. The van der Waals surface area contributed by atoms with Gasteiger partial charge >= 0.3 is 0 Å². The van der Waals surface area contributed by atoms with Crippen LogP contribution < -0.4 is 0 Å². The fraction of sp³-hybridized carbons (Fsp3) is 0.211. The number of amides is 2. The number of hydrogen-bond donors (Lipinski definition) is 0. The van der Waals surface area contributed by atoms with Crippen molar-refractivity contribution in [2.45, 2.75) is 12.8 Å². The first kappa shape index (κ1) is 15.4. The summed E-state index contributed by atoms with van der Waals surface area (Å²) in [5, 5.41) is 0. The van der Waals surface area contributed by atoms with E-state index in [4.69, 9.17) is 0 Å². The van der Waals surface area contributed by atoms with Gasteiger partial charge < -0.3 is 0 Å². The van der Waals surface area contributed by atoms with E-state index in [0.717, 1.165) is 17.7 Å². The minimum absolute atomic E-state index is 0.0290. The van der Waals surface area contributed by atoms with Gasteiger partial charge in [0, 0.05) is 36.1 Å². The highest BCUT2D eigenvalue weighted by molar-refractivity contribution is 6.35. The molecule has 25 heavy (non-hydrogen) atoms. The number of allylic oxidation sites excluding steroid dienone is 1. The van der Waals surface area contributed by atoms with E-state index < -0.39 is 5.91 Å². The lowest BCUT2D eigenvalue weighted by Gasteiger charge is -2.27. The first-order valence-corrected chi connectivity index (χ1v) is 8.05. The van der Waals surface area contributed by atoms with Crippen LogP contribution in [-0.4, -0.2) is 39.5 Å². The van der Waals surface area contributed by atoms with Gasteiger partial charge in [-0.1, -0.05) is 18.2 Å². The van der Waals surface area contributed by atoms with E-state index in [0.29, 0.717) is 27.8 Å². The van der Waals surface area contributed by atoms with Crippen LogP contribution in [0.5, 0.6) is 0 Å². The van der Waals surface area contributed by atoms with Crippen molar-refractivity contribution in [2.24, 2.45) is 5.92 Å². The summed E-state index contributed by atoms with van der Waals surface area (Å²) in [5.74, 6) is -1.00. The molecule has 4 rings (SSSR count). The third kappa shape index (κ3) is 2.46. The van der Waals surface area contributed by atoms with Crippen LogP contribution in [0, 0.1) is 5.92 Å². The predicted octanol–water partition coefficient (Wildman–Crippen LogP) is 2.14. The molecule has 0 saturated heterocycles. The number of carbonyl (C=O) groups is 3. The highest BCUT2D eigenvalue weighted by atomic mass is 16.2. The molecule has 0 bridgehead atoms. The van der Waals surface area contributed by atoms with Crippen molar-refractivity contribution < 1.29 is 14.4 Å². The highest BCUT2D eigenvalue weighted by Gasteiger charge is 2.41. The molecule has 2 heterocycles. The third-order valence-corrected chi connectivity index (χ3v) is 4.57. The van der Waals surface area contributed by atoms with Crippen LogP contribution >= 0.6 is 0 Å². The zero-order valence-corrected chi connectivity index (χ0v) is 13.6. The second kappa shape index (κ2) is 5.73. The first-order chi connectivity index (χ1) is 12.1. The zero-order chi connectivity index (χ0) is 17.6. The molecule has 124 valence electrons. The number of nitrogens with zero attached hydrogens (tertiary/aromatic N) is 3. The summed E-state index contributed by atoms with van der Waals surface area (Å²) in [6, 6.07) is 6.93. The molecule has 0 spiro atoms. The Labute approximate surface area is 144 Å².